The van der Waals surface area contributed by atoms with Gasteiger partial charge >= 0.3 is 12.3 Å². The summed E-state index contributed by atoms with van der Waals surface area (Å²) in [6.07, 6.45) is -8.49. The fourth-order valence-electron chi connectivity index (χ4n) is 2.89. The zero-order valence-electron chi connectivity index (χ0n) is 14.3. The first kappa shape index (κ1) is 19.3. The minimum absolute atomic E-state index is 0.246. The molecule has 1 saturated heterocycles. The van der Waals surface area contributed by atoms with Crippen molar-refractivity contribution in [1.82, 2.24) is 0 Å². The summed E-state index contributed by atoms with van der Waals surface area (Å²) in [5.74, 6) is -0.223. The van der Waals surface area contributed by atoms with Crippen LogP contribution in [0.4, 0.5) is 27.6 Å². The molecule has 2 aromatic rings. The van der Waals surface area contributed by atoms with Gasteiger partial charge in [0.1, 0.15) is 11.5 Å². The predicted molar refractivity (Wildman–Crippen MR) is 90.1 cm³/mol. The second-order valence-corrected chi connectivity index (χ2v) is 6.19. The summed E-state index contributed by atoms with van der Waals surface area (Å²) in [7, 11) is 0. The summed E-state index contributed by atoms with van der Waals surface area (Å²) in [5, 5.41) is 0. The van der Waals surface area contributed by atoms with E-state index in [-0.39, 0.29) is 6.23 Å². The van der Waals surface area contributed by atoms with Crippen LogP contribution in [0.5, 0.6) is 11.5 Å². The van der Waals surface area contributed by atoms with Crippen LogP contribution < -0.4 is 14.4 Å². The Balaban J connectivity index is 1.68. The molecule has 1 heterocycles. The molecule has 1 aliphatic rings. The summed E-state index contributed by atoms with van der Waals surface area (Å²) in [5.41, 5.74) is 1.01. The molecule has 0 radical (unpaired) electrons. The third kappa shape index (κ3) is 4.61. The van der Waals surface area contributed by atoms with E-state index in [1.807, 2.05) is 30.3 Å². The van der Waals surface area contributed by atoms with Crippen molar-refractivity contribution in [2.75, 3.05) is 11.4 Å². The van der Waals surface area contributed by atoms with Gasteiger partial charge in [-0.25, -0.2) is 0 Å². The first-order valence-corrected chi connectivity index (χ1v) is 8.48. The van der Waals surface area contributed by atoms with E-state index in [9.17, 15) is 22.0 Å². The van der Waals surface area contributed by atoms with Gasteiger partial charge in [0, 0.05) is 18.7 Å². The molecule has 8 heteroatoms. The van der Waals surface area contributed by atoms with Crippen LogP contribution >= 0.6 is 0 Å². The van der Waals surface area contributed by atoms with Crippen molar-refractivity contribution in [3.8, 4) is 11.5 Å². The number of para-hydroxylation sites is 1. The standard InChI is InChI=1S/C19H18F5NO2/c20-18(21,22)19(23,24)27-16-11-9-15(10-12-16)26-17-8-4-5-13-25(17)14-6-2-1-3-7-14/h1-3,6-7,9-12,17H,4-5,8,13H2. The van der Waals surface area contributed by atoms with Crippen molar-refractivity contribution in [1.29, 1.82) is 0 Å². The predicted octanol–water partition coefficient (Wildman–Crippen LogP) is 5.62. The summed E-state index contributed by atoms with van der Waals surface area (Å²) in [4.78, 5) is 2.10. The monoisotopic (exact) mass is 387 g/mol. The molecule has 1 aliphatic heterocycles. The van der Waals surface area contributed by atoms with Gasteiger partial charge in [-0.1, -0.05) is 18.2 Å². The average Bonchev–Trinajstić information content (AvgIpc) is 2.63. The molecular formula is C19H18F5NO2. The number of hydrogen-bond donors (Lipinski definition) is 0. The maximum absolute atomic E-state index is 12.9. The Kier molecular flexibility index (Phi) is 5.43. The number of benzene rings is 2. The van der Waals surface area contributed by atoms with Crippen molar-refractivity contribution in [2.45, 2.75) is 37.8 Å². The molecule has 3 nitrogen and oxygen atoms in total. The van der Waals surface area contributed by atoms with Crippen LogP contribution in [0.1, 0.15) is 19.3 Å². The molecule has 0 aliphatic carbocycles. The minimum Gasteiger partial charge on any atom is -0.471 e. The number of piperidine rings is 1. The van der Waals surface area contributed by atoms with E-state index >= 15 is 0 Å². The summed E-state index contributed by atoms with van der Waals surface area (Å²) in [6, 6.07) is 14.4. The number of rotatable bonds is 5. The molecule has 0 aromatic heterocycles. The molecule has 0 amide bonds. The number of nitrogens with zero attached hydrogens (tertiary/aromatic N) is 1. The van der Waals surface area contributed by atoms with Gasteiger partial charge in [0.05, 0.1) is 0 Å². The number of hydrogen-bond acceptors (Lipinski definition) is 3. The zero-order valence-corrected chi connectivity index (χ0v) is 14.3. The van der Waals surface area contributed by atoms with Crippen LogP contribution in [0.25, 0.3) is 0 Å². The lowest BCUT2D eigenvalue weighted by Crippen LogP contribution is -2.43. The van der Waals surface area contributed by atoms with E-state index in [4.69, 9.17) is 4.74 Å². The van der Waals surface area contributed by atoms with Gasteiger partial charge in [-0.2, -0.15) is 22.0 Å². The van der Waals surface area contributed by atoms with Gasteiger partial charge in [-0.3, -0.25) is 0 Å². The van der Waals surface area contributed by atoms with Gasteiger partial charge in [0.25, 0.3) is 0 Å². The third-order valence-corrected chi connectivity index (χ3v) is 4.21. The highest BCUT2D eigenvalue weighted by Crippen LogP contribution is 2.37. The Morgan fingerprint density at radius 1 is 0.815 bits per heavy atom. The summed E-state index contributed by atoms with van der Waals surface area (Å²) >= 11 is 0. The Bertz CT molecular complexity index is 734. The minimum atomic E-state index is -5.78. The molecule has 0 saturated carbocycles. The highest BCUT2D eigenvalue weighted by molar-refractivity contribution is 5.47. The fraction of sp³-hybridized carbons (Fsp3) is 0.368. The van der Waals surface area contributed by atoms with Gasteiger partial charge in [-0.15, -0.1) is 0 Å². The van der Waals surface area contributed by atoms with E-state index in [0.717, 1.165) is 43.6 Å². The van der Waals surface area contributed by atoms with Crippen LogP contribution in [0.3, 0.4) is 0 Å². The molecule has 2 aromatic carbocycles. The normalized spacial score (nSPS) is 18.3. The van der Waals surface area contributed by atoms with Crippen molar-refractivity contribution < 1.29 is 31.4 Å². The maximum atomic E-state index is 12.9. The van der Waals surface area contributed by atoms with Crippen LogP contribution in [-0.2, 0) is 0 Å². The average molecular weight is 387 g/mol. The second-order valence-electron chi connectivity index (χ2n) is 6.19. The van der Waals surface area contributed by atoms with Crippen LogP contribution in [0.15, 0.2) is 54.6 Å². The van der Waals surface area contributed by atoms with Crippen molar-refractivity contribution in [2.24, 2.45) is 0 Å². The van der Waals surface area contributed by atoms with Crippen molar-refractivity contribution in [3.05, 3.63) is 54.6 Å². The zero-order chi connectivity index (χ0) is 19.5. The molecule has 3 rings (SSSR count). The number of ether oxygens (including phenoxy) is 2. The van der Waals surface area contributed by atoms with Gasteiger partial charge < -0.3 is 14.4 Å². The molecule has 0 N–H and O–H groups in total. The largest absolute Gasteiger partial charge is 0.499 e. The lowest BCUT2D eigenvalue weighted by molar-refractivity contribution is -0.360. The highest BCUT2D eigenvalue weighted by atomic mass is 19.4. The quantitative estimate of drug-likeness (QED) is 0.622. The smallest absolute Gasteiger partial charge is 0.471 e. The number of halogens is 5. The first-order chi connectivity index (χ1) is 12.8. The van der Waals surface area contributed by atoms with E-state index in [2.05, 4.69) is 9.64 Å². The molecule has 1 fully saturated rings. The van der Waals surface area contributed by atoms with Gasteiger partial charge in [0.2, 0.25) is 0 Å². The maximum Gasteiger partial charge on any atom is 0.499 e. The molecule has 0 bridgehead atoms. The second kappa shape index (κ2) is 7.62. The SMILES string of the molecule is FC(F)(F)C(F)(F)Oc1ccc(OC2CCCCN2c2ccccc2)cc1. The van der Waals surface area contributed by atoms with E-state index < -0.39 is 18.0 Å². The van der Waals surface area contributed by atoms with Crippen molar-refractivity contribution in [3.63, 3.8) is 0 Å². The highest BCUT2D eigenvalue weighted by Gasteiger charge is 2.61. The molecule has 1 atom stereocenters. The molecule has 1 unspecified atom stereocenters. The summed E-state index contributed by atoms with van der Waals surface area (Å²) < 4.78 is 72.2. The van der Waals surface area contributed by atoms with Gasteiger partial charge in [-0.05, 0) is 49.2 Å². The lowest BCUT2D eigenvalue weighted by atomic mass is 10.1. The van der Waals surface area contributed by atoms with Crippen LogP contribution in [0.2, 0.25) is 0 Å². The Hall–Kier alpha value is -2.51. The van der Waals surface area contributed by atoms with Crippen LogP contribution in [0, 0.1) is 0 Å². The van der Waals surface area contributed by atoms with Gasteiger partial charge in [0.15, 0.2) is 6.23 Å². The number of anilines is 1. The fourth-order valence-corrected chi connectivity index (χ4v) is 2.89. The van der Waals surface area contributed by atoms with Crippen molar-refractivity contribution >= 4 is 5.69 Å². The van der Waals surface area contributed by atoms with Crippen LogP contribution in [-0.4, -0.2) is 25.1 Å². The summed E-state index contributed by atoms with van der Waals surface area (Å²) in [6.45, 7) is 0.813. The lowest BCUT2D eigenvalue weighted by Gasteiger charge is -2.37. The molecule has 146 valence electrons. The Labute approximate surface area is 153 Å². The molecule has 0 spiro atoms. The number of alkyl halides is 5. The molecule has 27 heavy (non-hydrogen) atoms. The Morgan fingerprint density at radius 3 is 2.07 bits per heavy atom. The van der Waals surface area contributed by atoms with E-state index in [1.165, 1.54) is 12.1 Å². The topological polar surface area (TPSA) is 21.7 Å². The third-order valence-electron chi connectivity index (χ3n) is 4.21. The molecular weight excluding hydrogens is 369 g/mol. The van der Waals surface area contributed by atoms with E-state index in [0.29, 0.717) is 5.75 Å². The van der Waals surface area contributed by atoms with E-state index in [1.54, 1.807) is 0 Å². The Morgan fingerprint density at radius 2 is 1.44 bits per heavy atom. The first-order valence-electron chi connectivity index (χ1n) is 8.48.